The van der Waals surface area contributed by atoms with Gasteiger partial charge in [0.15, 0.2) is 0 Å². The third-order valence-corrected chi connectivity index (χ3v) is 4.37. The molecule has 0 amide bonds. The first-order chi connectivity index (χ1) is 6.11. The van der Waals surface area contributed by atoms with Crippen molar-refractivity contribution in [3.8, 4) is 0 Å². The van der Waals surface area contributed by atoms with Crippen molar-refractivity contribution < 1.29 is 0 Å². The van der Waals surface area contributed by atoms with Gasteiger partial charge in [0.05, 0.1) is 0 Å². The van der Waals surface area contributed by atoms with E-state index in [4.69, 9.17) is 0 Å². The monoisotopic (exact) mass is 182 g/mol. The highest BCUT2D eigenvalue weighted by Crippen LogP contribution is 2.52. The summed E-state index contributed by atoms with van der Waals surface area (Å²) in [4.78, 5) is 0. The number of hydrogen-bond donors (Lipinski definition) is 0. The van der Waals surface area contributed by atoms with Crippen molar-refractivity contribution in [3.05, 3.63) is 0 Å². The lowest BCUT2D eigenvalue weighted by Crippen LogP contribution is -2.08. The van der Waals surface area contributed by atoms with E-state index in [0.717, 1.165) is 29.6 Å². The molecule has 1 aliphatic rings. The topological polar surface area (TPSA) is 0 Å². The summed E-state index contributed by atoms with van der Waals surface area (Å²) in [7, 11) is 0. The Labute approximate surface area is 84.1 Å². The van der Waals surface area contributed by atoms with Crippen LogP contribution in [0.25, 0.3) is 0 Å². The van der Waals surface area contributed by atoms with Crippen LogP contribution in [0.2, 0.25) is 0 Å². The van der Waals surface area contributed by atoms with E-state index in [-0.39, 0.29) is 0 Å². The average Bonchev–Trinajstić information content (AvgIpc) is 2.71. The van der Waals surface area contributed by atoms with E-state index in [9.17, 15) is 0 Å². The van der Waals surface area contributed by atoms with Crippen molar-refractivity contribution in [1.82, 2.24) is 0 Å². The lowest BCUT2D eigenvalue weighted by molar-refractivity contribution is 0.321. The second kappa shape index (κ2) is 4.48. The highest BCUT2D eigenvalue weighted by Gasteiger charge is 2.46. The first-order valence-electron chi connectivity index (χ1n) is 6.11. The van der Waals surface area contributed by atoms with Crippen LogP contribution in [0, 0.1) is 29.6 Å². The lowest BCUT2D eigenvalue weighted by Gasteiger charge is -2.18. The molecule has 0 radical (unpaired) electrons. The van der Waals surface area contributed by atoms with Crippen molar-refractivity contribution in [1.29, 1.82) is 0 Å². The molecule has 1 saturated carbocycles. The number of hydrogen-bond acceptors (Lipinski definition) is 0. The van der Waals surface area contributed by atoms with Gasteiger partial charge in [0, 0.05) is 0 Å². The van der Waals surface area contributed by atoms with E-state index >= 15 is 0 Å². The number of rotatable bonds is 5. The fourth-order valence-electron chi connectivity index (χ4n) is 2.84. The minimum atomic E-state index is 0.935. The standard InChI is InChI=1S/C13H26/c1-6-9(3)8-12(7-2)13-10(4)11(13)5/h9-13H,6-8H2,1-5H3. The largest absolute Gasteiger partial charge is 0.0651 e. The summed E-state index contributed by atoms with van der Waals surface area (Å²) in [5.74, 6) is 5.02. The molecule has 0 spiro atoms. The third-order valence-electron chi connectivity index (χ3n) is 4.37. The zero-order valence-corrected chi connectivity index (χ0v) is 10.0. The van der Waals surface area contributed by atoms with Crippen molar-refractivity contribution in [2.24, 2.45) is 29.6 Å². The Morgan fingerprint density at radius 2 is 1.54 bits per heavy atom. The van der Waals surface area contributed by atoms with Crippen LogP contribution in [0.3, 0.4) is 0 Å². The van der Waals surface area contributed by atoms with Gasteiger partial charge in [-0.15, -0.1) is 0 Å². The average molecular weight is 182 g/mol. The van der Waals surface area contributed by atoms with Gasteiger partial charge in [-0.05, 0) is 36.0 Å². The van der Waals surface area contributed by atoms with Crippen LogP contribution in [-0.2, 0) is 0 Å². The van der Waals surface area contributed by atoms with Crippen LogP contribution in [0.15, 0.2) is 0 Å². The van der Waals surface area contributed by atoms with Gasteiger partial charge >= 0.3 is 0 Å². The van der Waals surface area contributed by atoms with E-state index in [1.807, 2.05) is 0 Å². The Balaban J connectivity index is 2.36. The van der Waals surface area contributed by atoms with Crippen LogP contribution >= 0.6 is 0 Å². The molecule has 4 unspecified atom stereocenters. The molecule has 0 heterocycles. The van der Waals surface area contributed by atoms with Gasteiger partial charge in [0.2, 0.25) is 0 Å². The van der Waals surface area contributed by atoms with E-state index in [2.05, 4.69) is 34.6 Å². The maximum absolute atomic E-state index is 2.43. The summed E-state index contributed by atoms with van der Waals surface area (Å²) in [5.41, 5.74) is 0. The molecule has 0 aromatic carbocycles. The van der Waals surface area contributed by atoms with Gasteiger partial charge in [-0.1, -0.05) is 47.5 Å². The van der Waals surface area contributed by atoms with E-state index in [1.165, 1.54) is 19.3 Å². The molecular weight excluding hydrogens is 156 g/mol. The molecule has 0 saturated heterocycles. The van der Waals surface area contributed by atoms with E-state index in [0.29, 0.717) is 0 Å². The molecular formula is C13H26. The quantitative estimate of drug-likeness (QED) is 0.593. The molecule has 0 nitrogen and oxygen atoms in total. The lowest BCUT2D eigenvalue weighted by atomic mass is 9.87. The Morgan fingerprint density at radius 3 is 1.85 bits per heavy atom. The molecule has 0 aliphatic heterocycles. The summed E-state index contributed by atoms with van der Waals surface area (Å²) in [6.07, 6.45) is 4.21. The summed E-state index contributed by atoms with van der Waals surface area (Å²) >= 11 is 0. The minimum absolute atomic E-state index is 0.935. The normalized spacial score (nSPS) is 37.2. The molecule has 1 rings (SSSR count). The SMILES string of the molecule is CCC(C)CC(CC)C1C(C)C1C. The fraction of sp³-hybridized carbons (Fsp3) is 1.00. The zero-order valence-electron chi connectivity index (χ0n) is 10.0. The summed E-state index contributed by atoms with van der Waals surface area (Å²) < 4.78 is 0. The smallest absolute Gasteiger partial charge is 0.0329 e. The van der Waals surface area contributed by atoms with Crippen LogP contribution < -0.4 is 0 Å². The van der Waals surface area contributed by atoms with Crippen molar-refractivity contribution in [3.63, 3.8) is 0 Å². The first-order valence-corrected chi connectivity index (χ1v) is 6.11. The Kier molecular flexibility index (Phi) is 3.82. The Hall–Kier alpha value is 0. The van der Waals surface area contributed by atoms with Gasteiger partial charge in [-0.2, -0.15) is 0 Å². The molecule has 13 heavy (non-hydrogen) atoms. The first kappa shape index (κ1) is 11.1. The maximum Gasteiger partial charge on any atom is -0.0329 e. The minimum Gasteiger partial charge on any atom is -0.0651 e. The predicted molar refractivity (Wildman–Crippen MR) is 59.7 cm³/mol. The molecule has 4 atom stereocenters. The van der Waals surface area contributed by atoms with Crippen LogP contribution in [0.4, 0.5) is 0 Å². The third kappa shape index (κ3) is 2.48. The summed E-state index contributed by atoms with van der Waals surface area (Å²) in [5, 5.41) is 0. The Bertz CT molecular complexity index is 142. The van der Waals surface area contributed by atoms with Crippen LogP contribution in [0.1, 0.15) is 53.9 Å². The molecule has 0 N–H and O–H groups in total. The summed E-state index contributed by atoms with van der Waals surface area (Å²) in [6, 6.07) is 0. The molecule has 78 valence electrons. The van der Waals surface area contributed by atoms with Gasteiger partial charge in [0.25, 0.3) is 0 Å². The molecule has 0 bridgehead atoms. The van der Waals surface area contributed by atoms with Gasteiger partial charge < -0.3 is 0 Å². The van der Waals surface area contributed by atoms with Gasteiger partial charge in [-0.25, -0.2) is 0 Å². The van der Waals surface area contributed by atoms with Crippen LogP contribution in [-0.4, -0.2) is 0 Å². The Morgan fingerprint density at radius 1 is 1.00 bits per heavy atom. The zero-order chi connectivity index (χ0) is 10.0. The van der Waals surface area contributed by atoms with Gasteiger partial charge in [-0.3, -0.25) is 0 Å². The highest BCUT2D eigenvalue weighted by molar-refractivity contribution is 4.95. The van der Waals surface area contributed by atoms with Crippen molar-refractivity contribution in [2.75, 3.05) is 0 Å². The molecule has 0 aromatic heterocycles. The highest BCUT2D eigenvalue weighted by atomic mass is 14.5. The van der Waals surface area contributed by atoms with Crippen molar-refractivity contribution in [2.45, 2.75) is 53.9 Å². The predicted octanol–water partition coefficient (Wildman–Crippen LogP) is 4.35. The summed E-state index contributed by atoms with van der Waals surface area (Å²) in [6.45, 7) is 11.9. The van der Waals surface area contributed by atoms with Crippen molar-refractivity contribution >= 4 is 0 Å². The van der Waals surface area contributed by atoms with E-state index < -0.39 is 0 Å². The van der Waals surface area contributed by atoms with Crippen LogP contribution in [0.5, 0.6) is 0 Å². The second-order valence-corrected chi connectivity index (χ2v) is 5.21. The van der Waals surface area contributed by atoms with E-state index in [1.54, 1.807) is 0 Å². The maximum atomic E-state index is 2.43. The molecule has 0 aromatic rings. The second-order valence-electron chi connectivity index (χ2n) is 5.21. The fourth-order valence-corrected chi connectivity index (χ4v) is 2.84. The molecule has 1 aliphatic carbocycles. The van der Waals surface area contributed by atoms with Gasteiger partial charge in [0.1, 0.15) is 0 Å². The molecule has 1 fully saturated rings. The molecule has 0 heteroatoms.